The molecule has 0 aromatic rings. The van der Waals surface area contributed by atoms with Crippen molar-refractivity contribution in [1.29, 1.82) is 0 Å². The van der Waals surface area contributed by atoms with Crippen molar-refractivity contribution in [3.05, 3.63) is 12.2 Å². The highest BCUT2D eigenvalue weighted by molar-refractivity contribution is 5.91. The van der Waals surface area contributed by atoms with Gasteiger partial charge in [0.2, 0.25) is 5.60 Å². The van der Waals surface area contributed by atoms with E-state index in [4.69, 9.17) is 9.47 Å². The lowest BCUT2D eigenvalue weighted by molar-refractivity contribution is -0.179. The summed E-state index contributed by atoms with van der Waals surface area (Å²) in [6, 6.07) is 0. The van der Waals surface area contributed by atoms with Gasteiger partial charge in [-0.15, -0.1) is 0 Å². The zero-order valence-electron chi connectivity index (χ0n) is 10.6. The Morgan fingerprint density at radius 2 is 1.81 bits per heavy atom. The molecule has 0 saturated heterocycles. The molecule has 0 aromatic carbocycles. The Morgan fingerprint density at radius 1 is 1.31 bits per heavy atom. The van der Waals surface area contributed by atoms with Gasteiger partial charge in [-0.2, -0.15) is 0 Å². The van der Waals surface area contributed by atoms with Crippen molar-refractivity contribution in [2.45, 2.75) is 52.7 Å². The molecule has 0 atom stereocenters. The van der Waals surface area contributed by atoms with Crippen LogP contribution in [0.25, 0.3) is 0 Å². The summed E-state index contributed by atoms with van der Waals surface area (Å²) >= 11 is 0. The maximum Gasteiger partial charge on any atom is 0.350 e. The van der Waals surface area contributed by atoms with E-state index in [1.165, 1.54) is 13.8 Å². The monoisotopic (exact) mass is 228 g/mol. The molecule has 0 saturated carbocycles. The lowest BCUT2D eigenvalue weighted by atomic mass is 10.1. The molecule has 0 aliphatic carbocycles. The zero-order chi connectivity index (χ0) is 12.9. The van der Waals surface area contributed by atoms with E-state index in [1.54, 1.807) is 20.8 Å². The largest absolute Gasteiger partial charge is 0.460 e. The summed E-state index contributed by atoms with van der Waals surface area (Å²) in [5.74, 6) is -1.12. The van der Waals surface area contributed by atoms with Crippen LogP contribution in [0.2, 0.25) is 0 Å². The fraction of sp³-hybridized carbons (Fsp3) is 0.667. The summed E-state index contributed by atoms with van der Waals surface area (Å²) in [7, 11) is 0. The predicted octanol–water partition coefficient (Wildman–Crippen LogP) is 2.23. The normalized spacial score (nSPS) is 11.1. The van der Waals surface area contributed by atoms with Crippen molar-refractivity contribution in [3.8, 4) is 0 Å². The number of esters is 2. The van der Waals surface area contributed by atoms with Gasteiger partial charge in [0.15, 0.2) is 0 Å². The van der Waals surface area contributed by atoms with E-state index in [2.05, 4.69) is 6.58 Å². The van der Waals surface area contributed by atoms with Gasteiger partial charge < -0.3 is 9.47 Å². The second-order valence-electron chi connectivity index (χ2n) is 4.31. The molecule has 0 aromatic heterocycles. The Hall–Kier alpha value is -1.32. The first-order valence-corrected chi connectivity index (χ1v) is 5.33. The molecular weight excluding hydrogens is 208 g/mol. The number of carbonyl (C=O) groups excluding carboxylic acids is 2. The Kier molecular flexibility index (Phi) is 5.21. The molecule has 0 unspecified atom stereocenters. The van der Waals surface area contributed by atoms with E-state index < -0.39 is 17.5 Å². The lowest BCUT2D eigenvalue weighted by Gasteiger charge is -2.24. The quantitative estimate of drug-likeness (QED) is 0.535. The SMILES string of the molecule is C=C(CC)C(=O)OC(C)(C)C(=O)OC(C)C. The molecule has 0 bridgehead atoms. The van der Waals surface area contributed by atoms with Gasteiger partial charge in [0.1, 0.15) is 0 Å². The van der Waals surface area contributed by atoms with Crippen LogP contribution in [0.5, 0.6) is 0 Å². The maximum absolute atomic E-state index is 11.6. The number of hydrogen-bond acceptors (Lipinski definition) is 4. The van der Waals surface area contributed by atoms with Crippen LogP contribution in [0, 0.1) is 0 Å². The number of rotatable bonds is 5. The summed E-state index contributed by atoms with van der Waals surface area (Å²) in [6.45, 7) is 11.8. The van der Waals surface area contributed by atoms with Gasteiger partial charge in [-0.1, -0.05) is 13.5 Å². The molecule has 4 heteroatoms. The fourth-order valence-corrected chi connectivity index (χ4v) is 0.846. The van der Waals surface area contributed by atoms with Crippen molar-refractivity contribution in [2.24, 2.45) is 0 Å². The number of ether oxygens (including phenoxy) is 2. The van der Waals surface area contributed by atoms with Crippen LogP contribution in [0.3, 0.4) is 0 Å². The third-order valence-electron chi connectivity index (χ3n) is 1.90. The Balaban J connectivity index is 4.50. The third kappa shape index (κ3) is 4.47. The van der Waals surface area contributed by atoms with E-state index in [0.29, 0.717) is 12.0 Å². The molecule has 0 radical (unpaired) electrons. The second kappa shape index (κ2) is 5.68. The highest BCUT2D eigenvalue weighted by atomic mass is 16.6. The van der Waals surface area contributed by atoms with Crippen LogP contribution in [-0.4, -0.2) is 23.6 Å². The van der Waals surface area contributed by atoms with Gasteiger partial charge in [0, 0.05) is 5.57 Å². The summed E-state index contributed by atoms with van der Waals surface area (Å²) in [5, 5.41) is 0. The fourth-order valence-electron chi connectivity index (χ4n) is 0.846. The average Bonchev–Trinajstić information content (AvgIpc) is 2.14. The molecule has 4 nitrogen and oxygen atoms in total. The van der Waals surface area contributed by atoms with Gasteiger partial charge in [-0.05, 0) is 34.1 Å². The van der Waals surface area contributed by atoms with Crippen LogP contribution < -0.4 is 0 Å². The molecule has 92 valence electrons. The first-order chi connectivity index (χ1) is 7.20. The summed E-state index contributed by atoms with van der Waals surface area (Å²) < 4.78 is 10.0. The summed E-state index contributed by atoms with van der Waals surface area (Å²) in [5.41, 5.74) is -0.940. The van der Waals surface area contributed by atoms with Gasteiger partial charge in [0.05, 0.1) is 6.10 Å². The van der Waals surface area contributed by atoms with Gasteiger partial charge in [-0.3, -0.25) is 0 Å². The molecular formula is C12H20O4. The van der Waals surface area contributed by atoms with Gasteiger partial charge in [-0.25, -0.2) is 9.59 Å². The molecule has 0 heterocycles. The Morgan fingerprint density at radius 3 is 2.19 bits per heavy atom. The van der Waals surface area contributed by atoms with Crippen molar-refractivity contribution in [1.82, 2.24) is 0 Å². The zero-order valence-corrected chi connectivity index (χ0v) is 10.6. The smallest absolute Gasteiger partial charge is 0.350 e. The van der Waals surface area contributed by atoms with Crippen LogP contribution in [0.1, 0.15) is 41.0 Å². The molecule has 16 heavy (non-hydrogen) atoms. The van der Waals surface area contributed by atoms with Crippen molar-refractivity contribution in [2.75, 3.05) is 0 Å². The van der Waals surface area contributed by atoms with Gasteiger partial charge in [0.25, 0.3) is 0 Å². The third-order valence-corrected chi connectivity index (χ3v) is 1.90. The Bertz CT molecular complexity index is 289. The molecule has 0 rings (SSSR count). The minimum atomic E-state index is -1.28. The minimum absolute atomic E-state index is 0.236. The topological polar surface area (TPSA) is 52.6 Å². The molecule has 0 spiro atoms. The second-order valence-corrected chi connectivity index (χ2v) is 4.31. The lowest BCUT2D eigenvalue weighted by Crippen LogP contribution is -2.40. The molecule has 0 N–H and O–H groups in total. The van der Waals surface area contributed by atoms with E-state index in [-0.39, 0.29) is 6.10 Å². The Labute approximate surface area is 96.6 Å². The van der Waals surface area contributed by atoms with E-state index in [9.17, 15) is 9.59 Å². The molecule has 0 amide bonds. The number of hydrogen-bond donors (Lipinski definition) is 0. The minimum Gasteiger partial charge on any atom is -0.460 e. The van der Waals surface area contributed by atoms with Crippen molar-refractivity contribution < 1.29 is 19.1 Å². The van der Waals surface area contributed by atoms with Crippen molar-refractivity contribution >= 4 is 11.9 Å². The average molecular weight is 228 g/mol. The first kappa shape index (κ1) is 14.7. The standard InChI is InChI=1S/C12H20O4/c1-7-9(4)10(13)16-12(5,6)11(14)15-8(2)3/h8H,4,7H2,1-3,5-6H3. The maximum atomic E-state index is 11.6. The van der Waals surface area contributed by atoms with Crippen LogP contribution in [0.4, 0.5) is 0 Å². The van der Waals surface area contributed by atoms with E-state index in [1.807, 2.05) is 0 Å². The summed E-state index contributed by atoms with van der Waals surface area (Å²) in [6.07, 6.45) is 0.258. The van der Waals surface area contributed by atoms with Crippen LogP contribution in [-0.2, 0) is 19.1 Å². The van der Waals surface area contributed by atoms with Crippen LogP contribution in [0.15, 0.2) is 12.2 Å². The molecule has 0 aliphatic rings. The first-order valence-electron chi connectivity index (χ1n) is 5.33. The summed E-state index contributed by atoms with van der Waals surface area (Å²) in [4.78, 5) is 23.0. The molecule has 0 aliphatic heterocycles. The predicted molar refractivity (Wildman–Crippen MR) is 60.8 cm³/mol. The van der Waals surface area contributed by atoms with Gasteiger partial charge >= 0.3 is 11.9 Å². The number of carbonyl (C=O) groups is 2. The molecule has 0 fully saturated rings. The van der Waals surface area contributed by atoms with E-state index in [0.717, 1.165) is 0 Å². The van der Waals surface area contributed by atoms with Crippen LogP contribution >= 0.6 is 0 Å². The van der Waals surface area contributed by atoms with E-state index >= 15 is 0 Å². The highest BCUT2D eigenvalue weighted by Crippen LogP contribution is 2.16. The highest BCUT2D eigenvalue weighted by Gasteiger charge is 2.34. The van der Waals surface area contributed by atoms with Crippen molar-refractivity contribution in [3.63, 3.8) is 0 Å².